The van der Waals surface area contributed by atoms with E-state index in [1.54, 1.807) is 11.1 Å². The van der Waals surface area contributed by atoms with Crippen LogP contribution in [0.15, 0.2) is 54.6 Å². The number of benzene rings is 2. The smallest absolute Gasteiger partial charge is 0.0886 e. The molecule has 1 heterocycles. The number of fused-ring (bicyclic) bond motifs is 1. The van der Waals surface area contributed by atoms with Crippen LogP contribution in [0, 0.1) is 0 Å². The van der Waals surface area contributed by atoms with Crippen molar-refractivity contribution in [3.05, 3.63) is 65.7 Å². The second-order valence-corrected chi connectivity index (χ2v) is 9.15. The molecule has 1 aliphatic heterocycles. The fourth-order valence-electron chi connectivity index (χ4n) is 5.32. The third-order valence-corrected chi connectivity index (χ3v) is 7.00. The lowest BCUT2D eigenvalue weighted by atomic mass is 9.96. The molecule has 1 saturated heterocycles. The van der Waals surface area contributed by atoms with E-state index in [-0.39, 0.29) is 0 Å². The number of hydrogen-bond acceptors (Lipinski definition) is 1. The van der Waals surface area contributed by atoms with Gasteiger partial charge in [-0.2, -0.15) is 0 Å². The van der Waals surface area contributed by atoms with Gasteiger partial charge in [0.15, 0.2) is 0 Å². The third kappa shape index (κ3) is 4.21. The molecule has 1 fully saturated rings. The van der Waals surface area contributed by atoms with E-state index in [0.717, 1.165) is 6.04 Å². The van der Waals surface area contributed by atoms with Crippen molar-refractivity contribution in [2.75, 3.05) is 32.1 Å². The molecule has 0 unspecified atom stereocenters. The highest BCUT2D eigenvalue weighted by molar-refractivity contribution is 5.49. The van der Waals surface area contributed by atoms with E-state index >= 15 is 0 Å². The van der Waals surface area contributed by atoms with E-state index in [0.29, 0.717) is 6.04 Å². The molecule has 0 amide bonds. The highest BCUT2D eigenvalue weighted by Crippen LogP contribution is 2.30. The third-order valence-electron chi connectivity index (χ3n) is 7.00. The van der Waals surface area contributed by atoms with Crippen LogP contribution >= 0.6 is 0 Å². The Kier molecular flexibility index (Phi) is 5.54. The fraction of sp³-hybridized carbons (Fsp3) is 0.520. The van der Waals surface area contributed by atoms with Gasteiger partial charge in [-0.15, -0.1) is 0 Å². The standard InChI is InChI=1S/C25H35N2/c1-27(2)18-9-8-15-25(27)16-10-17-26(23-13-4-3-5-14-23)24-19-21-11-6-7-12-22(21)20-24/h3-7,11-14,24-25H,8-10,15-20H2,1-2H3/q+1/t25-/m1/s1. The first kappa shape index (κ1) is 18.6. The van der Waals surface area contributed by atoms with Gasteiger partial charge in [-0.05, 0) is 61.8 Å². The molecule has 2 nitrogen and oxygen atoms in total. The molecule has 0 radical (unpaired) electrons. The van der Waals surface area contributed by atoms with Crippen LogP contribution in [0.4, 0.5) is 5.69 Å². The van der Waals surface area contributed by atoms with E-state index in [1.807, 2.05) is 0 Å². The van der Waals surface area contributed by atoms with Crippen molar-refractivity contribution >= 4 is 5.69 Å². The van der Waals surface area contributed by atoms with Crippen LogP contribution < -0.4 is 4.90 Å². The second kappa shape index (κ2) is 8.06. The van der Waals surface area contributed by atoms with Gasteiger partial charge in [0.25, 0.3) is 0 Å². The number of rotatable bonds is 6. The zero-order valence-corrected chi connectivity index (χ0v) is 17.1. The highest BCUT2D eigenvalue weighted by Gasteiger charge is 2.32. The summed E-state index contributed by atoms with van der Waals surface area (Å²) in [6.45, 7) is 2.53. The lowest BCUT2D eigenvalue weighted by Crippen LogP contribution is -2.52. The Hall–Kier alpha value is -1.80. The SMILES string of the molecule is C[N+]1(C)CCCC[C@@H]1CCCN(c1ccccc1)C1Cc2ccccc2C1. The first-order chi connectivity index (χ1) is 13.1. The number of likely N-dealkylation sites (tertiary alicyclic amines) is 1. The summed E-state index contributed by atoms with van der Waals surface area (Å²) in [5.41, 5.74) is 4.50. The first-order valence-electron chi connectivity index (χ1n) is 10.8. The van der Waals surface area contributed by atoms with E-state index in [9.17, 15) is 0 Å². The van der Waals surface area contributed by atoms with Crippen molar-refractivity contribution in [2.24, 2.45) is 0 Å². The van der Waals surface area contributed by atoms with Crippen LogP contribution in [-0.4, -0.2) is 43.8 Å². The van der Waals surface area contributed by atoms with Crippen molar-refractivity contribution in [2.45, 2.75) is 57.0 Å². The quantitative estimate of drug-likeness (QED) is 0.648. The lowest BCUT2D eigenvalue weighted by molar-refractivity contribution is -0.920. The maximum atomic E-state index is 2.70. The average molecular weight is 364 g/mol. The normalized spacial score (nSPS) is 21.8. The second-order valence-electron chi connectivity index (χ2n) is 9.15. The maximum Gasteiger partial charge on any atom is 0.0886 e. The summed E-state index contributed by atoms with van der Waals surface area (Å²) in [6, 6.07) is 21.6. The molecule has 1 atom stereocenters. The number of piperidine rings is 1. The summed E-state index contributed by atoms with van der Waals surface area (Å²) in [4.78, 5) is 2.70. The van der Waals surface area contributed by atoms with Crippen LogP contribution in [0.2, 0.25) is 0 Å². The Morgan fingerprint density at radius 2 is 1.56 bits per heavy atom. The summed E-state index contributed by atoms with van der Waals surface area (Å²) < 4.78 is 1.22. The first-order valence-corrected chi connectivity index (χ1v) is 10.8. The molecule has 2 aromatic rings. The molecule has 27 heavy (non-hydrogen) atoms. The van der Waals surface area contributed by atoms with Gasteiger partial charge in [-0.1, -0.05) is 42.5 Å². The van der Waals surface area contributed by atoms with Gasteiger partial charge in [0.1, 0.15) is 0 Å². The van der Waals surface area contributed by atoms with Crippen molar-refractivity contribution < 1.29 is 4.48 Å². The molecule has 0 spiro atoms. The van der Waals surface area contributed by atoms with Crippen molar-refractivity contribution in [1.82, 2.24) is 0 Å². The number of para-hydroxylation sites is 1. The minimum Gasteiger partial charge on any atom is -0.368 e. The Balaban J connectivity index is 1.44. The number of quaternary nitrogens is 1. The Labute approximate surface area is 165 Å². The zero-order chi connectivity index (χ0) is 18.7. The zero-order valence-electron chi connectivity index (χ0n) is 17.1. The summed E-state index contributed by atoms with van der Waals surface area (Å²) in [5.74, 6) is 0. The van der Waals surface area contributed by atoms with Crippen molar-refractivity contribution in [3.8, 4) is 0 Å². The average Bonchev–Trinajstić information content (AvgIpc) is 3.10. The summed E-state index contributed by atoms with van der Waals surface area (Å²) in [7, 11) is 4.87. The molecule has 2 aromatic carbocycles. The minimum absolute atomic E-state index is 0.610. The number of nitrogens with zero attached hydrogens (tertiary/aromatic N) is 2. The molecule has 4 rings (SSSR count). The topological polar surface area (TPSA) is 3.24 Å². The molecule has 144 valence electrons. The van der Waals surface area contributed by atoms with Crippen molar-refractivity contribution in [1.29, 1.82) is 0 Å². The molecular weight excluding hydrogens is 328 g/mol. The molecule has 0 saturated carbocycles. The van der Waals surface area contributed by atoms with Gasteiger partial charge in [0, 0.05) is 24.7 Å². The van der Waals surface area contributed by atoms with Gasteiger partial charge >= 0.3 is 0 Å². The van der Waals surface area contributed by atoms with Crippen LogP contribution in [0.25, 0.3) is 0 Å². The molecule has 0 N–H and O–H groups in total. The highest BCUT2D eigenvalue weighted by atomic mass is 15.3. The van der Waals surface area contributed by atoms with Crippen LogP contribution in [0.3, 0.4) is 0 Å². The lowest BCUT2D eigenvalue weighted by Gasteiger charge is -2.42. The largest absolute Gasteiger partial charge is 0.368 e. The molecular formula is C25H35N2+. The monoisotopic (exact) mass is 363 g/mol. The Morgan fingerprint density at radius 3 is 2.22 bits per heavy atom. The minimum atomic E-state index is 0.610. The maximum absolute atomic E-state index is 2.70. The van der Waals surface area contributed by atoms with E-state index in [4.69, 9.17) is 0 Å². The molecule has 0 bridgehead atoms. The summed E-state index contributed by atoms with van der Waals surface area (Å²) in [6.07, 6.45) is 9.27. The Morgan fingerprint density at radius 1 is 0.889 bits per heavy atom. The molecule has 2 aliphatic rings. The van der Waals surface area contributed by atoms with Gasteiger partial charge in [0.05, 0.1) is 26.7 Å². The Bertz CT molecular complexity index is 712. The molecule has 1 aliphatic carbocycles. The number of anilines is 1. The van der Waals surface area contributed by atoms with E-state index in [1.165, 1.54) is 68.2 Å². The molecule has 0 aromatic heterocycles. The van der Waals surface area contributed by atoms with Crippen molar-refractivity contribution in [3.63, 3.8) is 0 Å². The molecule has 2 heteroatoms. The fourth-order valence-corrected chi connectivity index (χ4v) is 5.32. The van der Waals surface area contributed by atoms with E-state index < -0.39 is 0 Å². The van der Waals surface area contributed by atoms with Gasteiger partial charge in [-0.3, -0.25) is 0 Å². The van der Waals surface area contributed by atoms with Crippen LogP contribution in [0.5, 0.6) is 0 Å². The predicted octanol–water partition coefficient (Wildman–Crippen LogP) is 5.07. The van der Waals surface area contributed by atoms with E-state index in [2.05, 4.69) is 73.6 Å². The number of hydrogen-bond donors (Lipinski definition) is 0. The van der Waals surface area contributed by atoms with Gasteiger partial charge in [0.2, 0.25) is 0 Å². The summed E-state index contributed by atoms with van der Waals surface area (Å²) >= 11 is 0. The predicted molar refractivity (Wildman–Crippen MR) is 115 cm³/mol. The summed E-state index contributed by atoms with van der Waals surface area (Å²) in [5, 5.41) is 0. The van der Waals surface area contributed by atoms with Gasteiger partial charge in [-0.25, -0.2) is 0 Å². The van der Waals surface area contributed by atoms with Crippen LogP contribution in [-0.2, 0) is 12.8 Å². The van der Waals surface area contributed by atoms with Gasteiger partial charge < -0.3 is 9.38 Å². The van der Waals surface area contributed by atoms with Crippen LogP contribution in [0.1, 0.15) is 43.2 Å².